The van der Waals surface area contributed by atoms with Crippen molar-refractivity contribution in [3.8, 4) is 0 Å². The molecule has 1 rings (SSSR count). The molecule has 0 N–H and O–H groups in total. The van der Waals surface area contributed by atoms with E-state index in [1.165, 1.54) is 24.9 Å². The maximum absolute atomic E-state index is 4.94. The lowest BCUT2D eigenvalue weighted by atomic mass is 10.6. The number of nitrogens with zero attached hydrogens (tertiary/aromatic N) is 3. The van der Waals surface area contributed by atoms with Crippen molar-refractivity contribution in [1.82, 2.24) is 15.2 Å². The van der Waals surface area contributed by atoms with Crippen molar-refractivity contribution in [2.75, 3.05) is 0 Å². The first-order valence-electron chi connectivity index (χ1n) is 3.70. The van der Waals surface area contributed by atoms with Crippen molar-refractivity contribution in [2.45, 2.75) is 0 Å². The second-order valence-corrected chi connectivity index (χ2v) is 1.96. The van der Waals surface area contributed by atoms with Crippen LogP contribution in [0.15, 0.2) is 59.9 Å². The zero-order valence-corrected chi connectivity index (χ0v) is 6.95. The fourth-order valence-electron chi connectivity index (χ4n) is 0.549. The molecule has 0 unspecified atom stereocenters. The molecule has 13 heavy (non-hydrogen) atoms. The highest BCUT2D eigenvalue weighted by Crippen LogP contribution is 1.74. The molecule has 1 aromatic heterocycles. The Labute approximate surface area is 75.9 Å². The topological polar surface area (TPSA) is 51.8 Å². The molecule has 1 aromatic rings. The quantitative estimate of drug-likeness (QED) is 0.602. The molecule has 0 bridgehead atoms. The molecule has 0 aliphatic heterocycles. The summed E-state index contributed by atoms with van der Waals surface area (Å²) >= 11 is 0. The molecule has 0 aromatic carbocycles. The molecule has 0 fully saturated rings. The van der Waals surface area contributed by atoms with Gasteiger partial charge in [0.1, 0.15) is 0 Å². The summed E-state index contributed by atoms with van der Waals surface area (Å²) in [7, 11) is 0. The van der Waals surface area contributed by atoms with Crippen LogP contribution in [0.3, 0.4) is 0 Å². The Morgan fingerprint density at radius 3 is 2.54 bits per heavy atom. The Kier molecular flexibility index (Phi) is 4.72. The van der Waals surface area contributed by atoms with Gasteiger partial charge < -0.3 is 4.42 Å². The molecule has 66 valence electrons. The molecular weight excluding hydrogens is 166 g/mol. The number of rotatable bonds is 0. The maximum atomic E-state index is 4.94. The summed E-state index contributed by atoms with van der Waals surface area (Å²) in [5.74, 6) is 0. The summed E-state index contributed by atoms with van der Waals surface area (Å²) in [6.07, 6.45) is 9.22. The van der Waals surface area contributed by atoms with Crippen molar-refractivity contribution in [3.63, 3.8) is 0 Å². The van der Waals surface area contributed by atoms with E-state index < -0.39 is 0 Å². The van der Waals surface area contributed by atoms with E-state index >= 15 is 0 Å². The summed E-state index contributed by atoms with van der Waals surface area (Å²) in [5.41, 5.74) is 0. The first-order valence-corrected chi connectivity index (χ1v) is 3.70. The zero-order valence-electron chi connectivity index (χ0n) is 6.95. The van der Waals surface area contributed by atoms with Crippen LogP contribution < -0.4 is 0 Å². The van der Waals surface area contributed by atoms with E-state index in [1.807, 2.05) is 0 Å². The van der Waals surface area contributed by atoms with E-state index in [0.29, 0.717) is 0 Å². The van der Waals surface area contributed by atoms with Gasteiger partial charge in [-0.3, -0.25) is 4.98 Å². The van der Waals surface area contributed by atoms with E-state index in [4.69, 9.17) is 4.42 Å². The van der Waals surface area contributed by atoms with Crippen LogP contribution in [0.4, 0.5) is 0 Å². The standard InChI is InChI=1S/C9H9N3O/c1-2-8-13-9-3-5-11-12-7-6-10-4-1/h1-9H. The molecule has 0 saturated heterocycles. The normalized spacial score (nSPS) is 8.00. The molecular formula is C9H9N3O. The molecule has 0 spiro atoms. The number of hydrogen-bond donors (Lipinski definition) is 0. The van der Waals surface area contributed by atoms with Gasteiger partial charge in [0.2, 0.25) is 0 Å². The minimum atomic E-state index is 1.50. The Morgan fingerprint density at radius 2 is 1.54 bits per heavy atom. The fraction of sp³-hybridized carbons (Fsp3) is 0. The lowest BCUT2D eigenvalue weighted by molar-refractivity contribution is 0.554. The number of aromatic nitrogens is 3. The van der Waals surface area contributed by atoms with Gasteiger partial charge in [-0.1, -0.05) is 0 Å². The second kappa shape index (κ2) is 6.72. The SMILES string of the molecule is c1ccocccnnccnc1. The van der Waals surface area contributed by atoms with Crippen LogP contribution in [0, 0.1) is 0 Å². The molecule has 1 heterocycles. The van der Waals surface area contributed by atoms with E-state index in [2.05, 4.69) is 15.2 Å². The third-order valence-electron chi connectivity index (χ3n) is 1.04. The smallest absolute Gasteiger partial charge is 0.0917 e. The maximum Gasteiger partial charge on any atom is 0.0917 e. The summed E-state index contributed by atoms with van der Waals surface area (Å²) in [6, 6.07) is 5.12. The van der Waals surface area contributed by atoms with Crippen molar-refractivity contribution < 1.29 is 4.42 Å². The Bertz CT molecular complexity index is 209. The number of hydrogen-bond acceptors (Lipinski definition) is 4. The Balaban J connectivity index is 3.02. The van der Waals surface area contributed by atoms with Gasteiger partial charge in [-0.25, -0.2) is 0 Å². The van der Waals surface area contributed by atoms with Gasteiger partial charge in [-0.05, 0) is 18.2 Å². The van der Waals surface area contributed by atoms with Gasteiger partial charge in [-0.2, -0.15) is 10.2 Å². The summed E-state index contributed by atoms with van der Waals surface area (Å²) in [5, 5.41) is 7.34. The van der Waals surface area contributed by atoms with Gasteiger partial charge in [0.25, 0.3) is 0 Å². The third kappa shape index (κ3) is 5.32. The largest absolute Gasteiger partial charge is 0.473 e. The predicted octanol–water partition coefficient (Wildman–Crippen LogP) is 1.71. The predicted molar refractivity (Wildman–Crippen MR) is 47.3 cm³/mol. The first kappa shape index (κ1) is 9.12. The molecule has 0 atom stereocenters. The summed E-state index contributed by atoms with van der Waals surface area (Å²) < 4.78 is 4.94. The minimum Gasteiger partial charge on any atom is -0.473 e. The fourth-order valence-corrected chi connectivity index (χ4v) is 0.549. The van der Waals surface area contributed by atoms with Crippen molar-refractivity contribution in [3.05, 3.63) is 55.5 Å². The molecule has 0 amide bonds. The minimum absolute atomic E-state index is 1.50. The van der Waals surface area contributed by atoms with Crippen molar-refractivity contribution >= 4 is 0 Å². The van der Waals surface area contributed by atoms with Crippen molar-refractivity contribution in [2.24, 2.45) is 0 Å². The molecule has 0 saturated carbocycles. The van der Waals surface area contributed by atoms with Crippen LogP contribution in [0.2, 0.25) is 0 Å². The monoisotopic (exact) mass is 175 g/mol. The van der Waals surface area contributed by atoms with Crippen LogP contribution in [-0.2, 0) is 0 Å². The van der Waals surface area contributed by atoms with Crippen LogP contribution in [0.1, 0.15) is 0 Å². The first-order chi connectivity index (χ1) is 6.50. The van der Waals surface area contributed by atoms with Gasteiger partial charge in [0, 0.05) is 12.4 Å². The lowest BCUT2D eigenvalue weighted by Gasteiger charge is -1.67. The summed E-state index contributed by atoms with van der Waals surface area (Å²) in [6.45, 7) is 0. The van der Waals surface area contributed by atoms with E-state index in [9.17, 15) is 0 Å². The highest BCUT2D eigenvalue weighted by molar-refractivity contribution is 4.78. The van der Waals surface area contributed by atoms with E-state index in [0.717, 1.165) is 0 Å². The average Bonchev–Trinajstić information content (AvgIpc) is 2.18. The Hall–Kier alpha value is -1.97. The van der Waals surface area contributed by atoms with Gasteiger partial charge >= 0.3 is 0 Å². The summed E-state index contributed by atoms with van der Waals surface area (Å²) in [4.78, 5) is 3.88. The van der Waals surface area contributed by atoms with Gasteiger partial charge in [0.15, 0.2) is 0 Å². The van der Waals surface area contributed by atoms with E-state index in [1.54, 1.807) is 30.6 Å². The molecule has 0 aliphatic carbocycles. The molecule has 0 radical (unpaired) electrons. The van der Waals surface area contributed by atoms with Gasteiger partial charge in [-0.15, -0.1) is 0 Å². The second-order valence-electron chi connectivity index (χ2n) is 1.96. The van der Waals surface area contributed by atoms with E-state index in [-0.39, 0.29) is 0 Å². The third-order valence-corrected chi connectivity index (χ3v) is 1.04. The van der Waals surface area contributed by atoms with Crippen LogP contribution >= 0.6 is 0 Å². The lowest BCUT2D eigenvalue weighted by Crippen LogP contribution is -1.67. The molecule has 4 heteroatoms. The Morgan fingerprint density at radius 1 is 0.692 bits per heavy atom. The molecule has 4 nitrogen and oxygen atoms in total. The zero-order chi connectivity index (χ0) is 9.19. The van der Waals surface area contributed by atoms with Crippen LogP contribution in [0.25, 0.3) is 0 Å². The highest BCUT2D eigenvalue weighted by Gasteiger charge is 1.60. The van der Waals surface area contributed by atoms with Gasteiger partial charge in [0.05, 0.1) is 24.9 Å². The average molecular weight is 175 g/mol. The van der Waals surface area contributed by atoms with Crippen LogP contribution in [0.5, 0.6) is 0 Å². The van der Waals surface area contributed by atoms with Crippen LogP contribution in [-0.4, -0.2) is 15.2 Å². The highest BCUT2D eigenvalue weighted by atomic mass is 16.3. The van der Waals surface area contributed by atoms with Crippen molar-refractivity contribution in [1.29, 1.82) is 0 Å². The molecule has 0 aliphatic rings.